The van der Waals surface area contributed by atoms with E-state index in [1.807, 2.05) is 6.92 Å². The molecule has 0 spiro atoms. The predicted molar refractivity (Wildman–Crippen MR) is 51.8 cm³/mol. The first-order chi connectivity index (χ1) is 5.83. The molecular weight excluding hydrogens is 174 g/mol. The molecule has 4 nitrogen and oxygen atoms in total. The standard InChI is InChI=1S/C7H15N3OS/c1-2-8-7(12)9-10-3-5-11-6-4-10/h2-6H2,1H3,(H2,8,9,12). The van der Waals surface area contributed by atoms with Crippen LogP contribution in [0.2, 0.25) is 0 Å². The molecule has 0 atom stereocenters. The van der Waals surface area contributed by atoms with Crippen molar-refractivity contribution in [1.82, 2.24) is 15.8 Å². The summed E-state index contributed by atoms with van der Waals surface area (Å²) < 4.78 is 5.20. The van der Waals surface area contributed by atoms with E-state index >= 15 is 0 Å². The number of nitrogens with one attached hydrogen (secondary N) is 2. The lowest BCUT2D eigenvalue weighted by atomic mass is 10.5. The first-order valence-electron chi connectivity index (χ1n) is 4.20. The van der Waals surface area contributed by atoms with Gasteiger partial charge >= 0.3 is 0 Å². The molecule has 1 heterocycles. The Bertz CT molecular complexity index is 148. The van der Waals surface area contributed by atoms with Crippen molar-refractivity contribution in [1.29, 1.82) is 0 Å². The highest BCUT2D eigenvalue weighted by Crippen LogP contribution is 1.91. The number of hydrazine groups is 1. The number of hydrogen-bond donors (Lipinski definition) is 2. The van der Waals surface area contributed by atoms with Crippen LogP contribution in [-0.4, -0.2) is 43.0 Å². The Labute approximate surface area is 78.2 Å². The molecule has 0 aromatic heterocycles. The van der Waals surface area contributed by atoms with Crippen molar-refractivity contribution >= 4 is 17.3 Å². The average Bonchev–Trinajstić information content (AvgIpc) is 2.06. The number of morpholine rings is 1. The molecule has 70 valence electrons. The first-order valence-corrected chi connectivity index (χ1v) is 4.61. The molecule has 0 saturated carbocycles. The predicted octanol–water partition coefficient (Wildman–Crippen LogP) is -0.282. The fraction of sp³-hybridized carbons (Fsp3) is 0.857. The van der Waals surface area contributed by atoms with Gasteiger partial charge in [-0.1, -0.05) is 0 Å². The van der Waals surface area contributed by atoms with E-state index < -0.39 is 0 Å². The Kier molecular flexibility index (Phi) is 4.27. The second-order valence-corrected chi connectivity index (χ2v) is 2.98. The van der Waals surface area contributed by atoms with Crippen molar-refractivity contribution < 1.29 is 4.74 Å². The van der Waals surface area contributed by atoms with Crippen LogP contribution in [0.25, 0.3) is 0 Å². The molecule has 1 aliphatic heterocycles. The lowest BCUT2D eigenvalue weighted by molar-refractivity contribution is 0.0247. The molecule has 5 heteroatoms. The Morgan fingerprint density at radius 2 is 2.17 bits per heavy atom. The summed E-state index contributed by atoms with van der Waals surface area (Å²) in [6.45, 7) is 6.23. The van der Waals surface area contributed by atoms with Gasteiger partial charge in [-0.3, -0.25) is 5.43 Å². The van der Waals surface area contributed by atoms with Gasteiger partial charge in [0.2, 0.25) is 0 Å². The normalized spacial score (nSPS) is 18.8. The van der Waals surface area contributed by atoms with Crippen molar-refractivity contribution in [3.05, 3.63) is 0 Å². The van der Waals surface area contributed by atoms with Crippen LogP contribution >= 0.6 is 12.2 Å². The Morgan fingerprint density at radius 1 is 1.50 bits per heavy atom. The highest BCUT2D eigenvalue weighted by Gasteiger charge is 2.09. The van der Waals surface area contributed by atoms with Crippen LogP contribution in [0.4, 0.5) is 0 Å². The molecule has 1 fully saturated rings. The van der Waals surface area contributed by atoms with Crippen molar-refractivity contribution in [2.45, 2.75) is 6.92 Å². The van der Waals surface area contributed by atoms with Gasteiger partial charge in [0.1, 0.15) is 0 Å². The first kappa shape index (κ1) is 9.70. The summed E-state index contributed by atoms with van der Waals surface area (Å²) in [5.41, 5.74) is 3.09. The van der Waals surface area contributed by atoms with Gasteiger partial charge in [0.15, 0.2) is 5.11 Å². The number of hydrogen-bond acceptors (Lipinski definition) is 3. The van der Waals surface area contributed by atoms with Crippen molar-refractivity contribution in [2.24, 2.45) is 0 Å². The van der Waals surface area contributed by atoms with E-state index in [2.05, 4.69) is 15.8 Å². The van der Waals surface area contributed by atoms with Crippen molar-refractivity contribution in [3.8, 4) is 0 Å². The zero-order valence-electron chi connectivity index (χ0n) is 7.30. The van der Waals surface area contributed by atoms with E-state index in [4.69, 9.17) is 17.0 Å². The molecule has 1 rings (SSSR count). The summed E-state index contributed by atoms with van der Waals surface area (Å²) in [7, 11) is 0. The molecule has 0 radical (unpaired) electrons. The number of rotatable bonds is 2. The Balaban J connectivity index is 2.15. The minimum Gasteiger partial charge on any atom is -0.379 e. The van der Waals surface area contributed by atoms with Crippen LogP contribution in [-0.2, 0) is 4.74 Å². The average molecular weight is 189 g/mol. The SMILES string of the molecule is CCNC(=S)NN1CCOCC1. The van der Waals surface area contributed by atoms with Gasteiger partial charge in [-0.05, 0) is 19.1 Å². The summed E-state index contributed by atoms with van der Waals surface area (Å²) in [6, 6.07) is 0. The van der Waals surface area contributed by atoms with Gasteiger partial charge in [-0.25, -0.2) is 5.01 Å². The topological polar surface area (TPSA) is 36.5 Å². The van der Waals surface area contributed by atoms with Crippen molar-refractivity contribution in [2.75, 3.05) is 32.8 Å². The maximum Gasteiger partial charge on any atom is 0.181 e. The minimum atomic E-state index is 0.694. The van der Waals surface area contributed by atoms with Gasteiger partial charge in [0.05, 0.1) is 13.2 Å². The molecule has 0 unspecified atom stereocenters. The zero-order valence-corrected chi connectivity index (χ0v) is 8.12. The third-order valence-electron chi connectivity index (χ3n) is 1.61. The Morgan fingerprint density at radius 3 is 2.75 bits per heavy atom. The highest BCUT2D eigenvalue weighted by molar-refractivity contribution is 7.80. The summed E-state index contributed by atoms with van der Waals surface area (Å²) in [5.74, 6) is 0. The highest BCUT2D eigenvalue weighted by atomic mass is 32.1. The summed E-state index contributed by atoms with van der Waals surface area (Å²) in [5, 5.41) is 5.79. The van der Waals surface area contributed by atoms with E-state index in [0.29, 0.717) is 5.11 Å². The third kappa shape index (κ3) is 3.34. The third-order valence-corrected chi connectivity index (χ3v) is 1.84. The van der Waals surface area contributed by atoms with Gasteiger partial charge < -0.3 is 10.1 Å². The maximum atomic E-state index is 5.20. The van der Waals surface area contributed by atoms with Crippen LogP contribution in [0.1, 0.15) is 6.92 Å². The molecule has 12 heavy (non-hydrogen) atoms. The van der Waals surface area contributed by atoms with Crippen molar-refractivity contribution in [3.63, 3.8) is 0 Å². The smallest absolute Gasteiger partial charge is 0.181 e. The van der Waals surface area contributed by atoms with Crippen LogP contribution in [0, 0.1) is 0 Å². The fourth-order valence-electron chi connectivity index (χ4n) is 1.02. The van der Waals surface area contributed by atoms with Crippen LogP contribution in [0.3, 0.4) is 0 Å². The second kappa shape index (κ2) is 5.29. The zero-order chi connectivity index (χ0) is 8.81. The van der Waals surface area contributed by atoms with E-state index in [0.717, 1.165) is 32.8 Å². The summed E-state index contributed by atoms with van der Waals surface area (Å²) in [4.78, 5) is 0. The van der Waals surface area contributed by atoms with E-state index in [1.165, 1.54) is 0 Å². The van der Waals surface area contributed by atoms with Gasteiger partial charge in [-0.2, -0.15) is 0 Å². The van der Waals surface area contributed by atoms with Crippen LogP contribution < -0.4 is 10.7 Å². The molecule has 2 N–H and O–H groups in total. The minimum absolute atomic E-state index is 0.694. The lowest BCUT2D eigenvalue weighted by Crippen LogP contribution is -2.51. The van der Waals surface area contributed by atoms with E-state index in [9.17, 15) is 0 Å². The van der Waals surface area contributed by atoms with Crippen LogP contribution in [0.15, 0.2) is 0 Å². The van der Waals surface area contributed by atoms with Gasteiger partial charge in [0.25, 0.3) is 0 Å². The lowest BCUT2D eigenvalue weighted by Gasteiger charge is -2.28. The summed E-state index contributed by atoms with van der Waals surface area (Å²) >= 11 is 5.03. The quantitative estimate of drug-likeness (QED) is 0.584. The Hall–Kier alpha value is -0.390. The second-order valence-electron chi connectivity index (χ2n) is 2.57. The summed E-state index contributed by atoms with van der Waals surface area (Å²) in [6.07, 6.45) is 0. The van der Waals surface area contributed by atoms with Gasteiger partial charge in [-0.15, -0.1) is 0 Å². The maximum absolute atomic E-state index is 5.20. The fourth-order valence-corrected chi connectivity index (χ4v) is 1.29. The molecule has 0 aromatic carbocycles. The molecule has 0 aliphatic carbocycles. The number of ether oxygens (including phenoxy) is 1. The van der Waals surface area contributed by atoms with E-state index in [1.54, 1.807) is 0 Å². The van der Waals surface area contributed by atoms with Crippen LogP contribution in [0.5, 0.6) is 0 Å². The van der Waals surface area contributed by atoms with Gasteiger partial charge in [0, 0.05) is 19.6 Å². The monoisotopic (exact) mass is 189 g/mol. The molecule has 0 aromatic rings. The largest absolute Gasteiger partial charge is 0.379 e. The van der Waals surface area contributed by atoms with E-state index in [-0.39, 0.29) is 0 Å². The molecule has 1 saturated heterocycles. The molecular formula is C7H15N3OS. The molecule has 0 amide bonds. The number of thiocarbonyl (C=S) groups is 1. The molecule has 0 bridgehead atoms. The molecule has 1 aliphatic rings. The number of nitrogens with zero attached hydrogens (tertiary/aromatic N) is 1.